The molecular formula is C15H22ClNO. The minimum Gasteiger partial charge on any atom is -0.381 e. The lowest BCUT2D eigenvalue weighted by atomic mass is 9.74. The first kappa shape index (κ1) is 13.9. The molecule has 0 amide bonds. The second-order valence-corrected chi connectivity index (χ2v) is 5.52. The summed E-state index contributed by atoms with van der Waals surface area (Å²) in [5, 5.41) is 4.39. The monoisotopic (exact) mass is 267 g/mol. The largest absolute Gasteiger partial charge is 0.381 e. The Morgan fingerprint density at radius 1 is 1.33 bits per heavy atom. The average molecular weight is 268 g/mol. The molecule has 1 saturated heterocycles. The van der Waals surface area contributed by atoms with Crippen molar-refractivity contribution in [2.45, 2.75) is 31.6 Å². The molecule has 1 aliphatic rings. The SMILES string of the molecule is CCCNCC1(c2cccc(Cl)c2)CCOCC1. The van der Waals surface area contributed by atoms with E-state index >= 15 is 0 Å². The van der Waals surface area contributed by atoms with E-state index in [2.05, 4.69) is 30.4 Å². The van der Waals surface area contributed by atoms with Crippen molar-refractivity contribution >= 4 is 11.6 Å². The van der Waals surface area contributed by atoms with E-state index in [1.807, 2.05) is 6.07 Å². The third kappa shape index (κ3) is 3.25. The zero-order valence-corrected chi connectivity index (χ0v) is 11.8. The van der Waals surface area contributed by atoms with Crippen LogP contribution >= 0.6 is 11.6 Å². The summed E-state index contributed by atoms with van der Waals surface area (Å²) in [5.41, 5.74) is 1.54. The highest BCUT2D eigenvalue weighted by Gasteiger charge is 2.34. The van der Waals surface area contributed by atoms with Crippen molar-refractivity contribution in [1.29, 1.82) is 0 Å². The van der Waals surface area contributed by atoms with E-state index < -0.39 is 0 Å². The summed E-state index contributed by atoms with van der Waals surface area (Å²) in [7, 11) is 0. The highest BCUT2D eigenvalue weighted by molar-refractivity contribution is 6.30. The quantitative estimate of drug-likeness (QED) is 0.826. The van der Waals surface area contributed by atoms with Crippen molar-refractivity contribution < 1.29 is 4.74 Å². The van der Waals surface area contributed by atoms with Crippen LogP contribution in [0.3, 0.4) is 0 Å². The van der Waals surface area contributed by atoms with Crippen LogP contribution in [0.2, 0.25) is 5.02 Å². The van der Waals surface area contributed by atoms with E-state index in [0.29, 0.717) is 0 Å². The van der Waals surface area contributed by atoms with E-state index in [4.69, 9.17) is 16.3 Å². The highest BCUT2D eigenvalue weighted by Crippen LogP contribution is 2.35. The number of hydrogen-bond donors (Lipinski definition) is 1. The maximum absolute atomic E-state index is 6.14. The van der Waals surface area contributed by atoms with Crippen molar-refractivity contribution in [3.63, 3.8) is 0 Å². The molecule has 0 aliphatic carbocycles. The molecule has 0 radical (unpaired) electrons. The number of rotatable bonds is 5. The molecule has 1 aromatic carbocycles. The van der Waals surface area contributed by atoms with Gasteiger partial charge in [-0.25, -0.2) is 0 Å². The van der Waals surface area contributed by atoms with Crippen molar-refractivity contribution in [2.75, 3.05) is 26.3 Å². The van der Waals surface area contributed by atoms with Gasteiger partial charge < -0.3 is 10.1 Å². The number of ether oxygens (including phenoxy) is 1. The number of hydrogen-bond acceptors (Lipinski definition) is 2. The highest BCUT2D eigenvalue weighted by atomic mass is 35.5. The summed E-state index contributed by atoms with van der Waals surface area (Å²) in [6.45, 7) is 5.98. The van der Waals surface area contributed by atoms with Crippen LogP contribution in [0.4, 0.5) is 0 Å². The van der Waals surface area contributed by atoms with Gasteiger partial charge in [0.1, 0.15) is 0 Å². The second kappa shape index (κ2) is 6.55. The fourth-order valence-corrected chi connectivity index (χ4v) is 2.84. The second-order valence-electron chi connectivity index (χ2n) is 5.08. The zero-order valence-electron chi connectivity index (χ0n) is 11.0. The molecule has 1 fully saturated rings. The van der Waals surface area contributed by atoms with E-state index in [0.717, 1.165) is 44.2 Å². The van der Waals surface area contributed by atoms with Crippen molar-refractivity contribution in [1.82, 2.24) is 5.32 Å². The molecule has 0 unspecified atom stereocenters. The van der Waals surface area contributed by atoms with Crippen LogP contribution in [0.5, 0.6) is 0 Å². The lowest BCUT2D eigenvalue weighted by molar-refractivity contribution is 0.0499. The van der Waals surface area contributed by atoms with E-state index in [-0.39, 0.29) is 5.41 Å². The van der Waals surface area contributed by atoms with Gasteiger partial charge in [0.2, 0.25) is 0 Å². The van der Waals surface area contributed by atoms with E-state index in [1.54, 1.807) is 0 Å². The molecule has 0 atom stereocenters. The molecule has 1 N–H and O–H groups in total. The predicted molar refractivity (Wildman–Crippen MR) is 76.3 cm³/mol. The van der Waals surface area contributed by atoms with Crippen LogP contribution in [-0.2, 0) is 10.2 Å². The first-order valence-corrected chi connectivity index (χ1v) is 7.19. The van der Waals surface area contributed by atoms with Gasteiger partial charge in [0.15, 0.2) is 0 Å². The molecule has 1 aliphatic heterocycles. The van der Waals surface area contributed by atoms with Crippen molar-refractivity contribution in [3.05, 3.63) is 34.9 Å². The maximum Gasteiger partial charge on any atom is 0.0475 e. The molecule has 100 valence electrons. The Labute approximate surface area is 115 Å². The average Bonchev–Trinajstić information content (AvgIpc) is 2.40. The van der Waals surface area contributed by atoms with Crippen molar-refractivity contribution in [3.8, 4) is 0 Å². The summed E-state index contributed by atoms with van der Waals surface area (Å²) in [6, 6.07) is 8.30. The Hall–Kier alpha value is -0.570. The summed E-state index contributed by atoms with van der Waals surface area (Å²) < 4.78 is 5.52. The Morgan fingerprint density at radius 3 is 2.78 bits per heavy atom. The third-order valence-electron chi connectivity index (χ3n) is 3.78. The van der Waals surface area contributed by atoms with Crippen LogP contribution in [0.25, 0.3) is 0 Å². The smallest absolute Gasteiger partial charge is 0.0475 e. The minimum absolute atomic E-state index is 0.193. The normalized spacial score (nSPS) is 18.8. The molecule has 2 rings (SSSR count). The standard InChI is InChI=1S/C15H22ClNO/c1-2-8-17-12-15(6-9-18-10-7-15)13-4-3-5-14(16)11-13/h3-5,11,17H,2,6-10,12H2,1H3. The first-order chi connectivity index (χ1) is 8.77. The van der Waals surface area contributed by atoms with Crippen LogP contribution in [0.1, 0.15) is 31.7 Å². The van der Waals surface area contributed by atoms with Crippen LogP contribution in [0.15, 0.2) is 24.3 Å². The molecule has 0 aromatic heterocycles. The molecule has 3 heteroatoms. The Kier molecular flexibility index (Phi) is 5.04. The van der Waals surface area contributed by atoms with Gasteiger partial charge in [0.05, 0.1) is 0 Å². The molecule has 1 heterocycles. The minimum atomic E-state index is 0.193. The number of nitrogens with one attached hydrogen (secondary N) is 1. The fraction of sp³-hybridized carbons (Fsp3) is 0.600. The molecule has 1 aromatic rings. The topological polar surface area (TPSA) is 21.3 Å². The van der Waals surface area contributed by atoms with Crippen molar-refractivity contribution in [2.24, 2.45) is 0 Å². The number of benzene rings is 1. The van der Waals surface area contributed by atoms with Gasteiger partial charge in [-0.1, -0.05) is 30.7 Å². The summed E-state index contributed by atoms with van der Waals surface area (Å²) in [5.74, 6) is 0. The van der Waals surface area contributed by atoms with Gasteiger partial charge in [0, 0.05) is 30.2 Å². The summed E-state index contributed by atoms with van der Waals surface area (Å²) in [4.78, 5) is 0. The first-order valence-electron chi connectivity index (χ1n) is 6.81. The summed E-state index contributed by atoms with van der Waals surface area (Å²) >= 11 is 6.14. The van der Waals surface area contributed by atoms with Gasteiger partial charge >= 0.3 is 0 Å². The molecule has 0 saturated carbocycles. The molecular weight excluding hydrogens is 246 g/mol. The van der Waals surface area contributed by atoms with Gasteiger partial charge in [0.25, 0.3) is 0 Å². The Balaban J connectivity index is 2.17. The zero-order chi connectivity index (χ0) is 12.8. The van der Waals surface area contributed by atoms with Crippen LogP contribution in [-0.4, -0.2) is 26.3 Å². The molecule has 0 bridgehead atoms. The fourth-order valence-electron chi connectivity index (χ4n) is 2.65. The predicted octanol–water partition coefficient (Wildman–Crippen LogP) is 3.39. The van der Waals surface area contributed by atoms with Crippen LogP contribution in [0, 0.1) is 0 Å². The summed E-state index contributed by atoms with van der Waals surface area (Å²) in [6.07, 6.45) is 3.32. The third-order valence-corrected chi connectivity index (χ3v) is 4.01. The van der Waals surface area contributed by atoms with Crippen LogP contribution < -0.4 is 5.32 Å². The number of halogens is 1. The van der Waals surface area contributed by atoms with E-state index in [9.17, 15) is 0 Å². The lowest BCUT2D eigenvalue weighted by Crippen LogP contribution is -2.43. The van der Waals surface area contributed by atoms with Gasteiger partial charge in [-0.2, -0.15) is 0 Å². The lowest BCUT2D eigenvalue weighted by Gasteiger charge is -2.38. The maximum atomic E-state index is 6.14. The van der Waals surface area contributed by atoms with Gasteiger partial charge in [-0.15, -0.1) is 0 Å². The molecule has 2 nitrogen and oxygen atoms in total. The van der Waals surface area contributed by atoms with Gasteiger partial charge in [-0.3, -0.25) is 0 Å². The molecule has 18 heavy (non-hydrogen) atoms. The molecule has 0 spiro atoms. The van der Waals surface area contributed by atoms with Gasteiger partial charge in [-0.05, 0) is 43.5 Å². The Bertz CT molecular complexity index is 375. The Morgan fingerprint density at radius 2 is 2.11 bits per heavy atom. The van der Waals surface area contributed by atoms with E-state index in [1.165, 1.54) is 12.0 Å².